The molecular weight excluding hydrogens is 390 g/mol. The first-order valence-electron chi connectivity index (χ1n) is 10.3. The highest BCUT2D eigenvalue weighted by atomic mass is 16.5. The summed E-state index contributed by atoms with van der Waals surface area (Å²) >= 11 is 0. The second-order valence-electron chi connectivity index (χ2n) is 7.13. The van der Waals surface area contributed by atoms with Gasteiger partial charge in [0.15, 0.2) is 0 Å². The molecule has 2 heterocycles. The van der Waals surface area contributed by atoms with Crippen LogP contribution in [0, 0.1) is 0 Å². The average Bonchev–Trinajstić information content (AvgIpc) is 2.81. The molecule has 0 unspecified atom stereocenters. The smallest absolute Gasteiger partial charge is 0.248 e. The molecule has 0 radical (unpaired) electrons. The van der Waals surface area contributed by atoms with Crippen molar-refractivity contribution in [2.75, 3.05) is 41.8 Å². The second kappa shape index (κ2) is 9.86. The summed E-state index contributed by atoms with van der Waals surface area (Å²) in [5.41, 5.74) is 4.63. The number of amides is 1. The van der Waals surface area contributed by atoms with Crippen LogP contribution in [0.1, 0.15) is 6.92 Å². The summed E-state index contributed by atoms with van der Waals surface area (Å²) in [5.74, 6) is 0.568. The van der Waals surface area contributed by atoms with E-state index in [9.17, 15) is 4.79 Å². The van der Waals surface area contributed by atoms with Gasteiger partial charge in [-0.25, -0.2) is 9.97 Å². The number of carbonyl (C=O) groups is 1. The summed E-state index contributed by atoms with van der Waals surface area (Å²) in [4.78, 5) is 22.7. The number of nitrogens with one attached hydrogen (secondary N) is 2. The Labute approximate surface area is 181 Å². The van der Waals surface area contributed by atoms with Gasteiger partial charge < -0.3 is 20.3 Å². The lowest BCUT2D eigenvalue weighted by molar-refractivity contribution is -0.111. The van der Waals surface area contributed by atoms with Crippen molar-refractivity contribution < 1.29 is 9.53 Å². The SMILES string of the molecule is CC=CC(=O)Nc1ccc(-c2cc(Nc3ccc(N4CCOCC4)cc3)ncn2)cc1. The Morgan fingerprint density at radius 2 is 1.71 bits per heavy atom. The third-order valence-electron chi connectivity index (χ3n) is 4.95. The summed E-state index contributed by atoms with van der Waals surface area (Å²) in [6, 6.07) is 17.8. The van der Waals surface area contributed by atoms with Gasteiger partial charge in [-0.3, -0.25) is 4.79 Å². The molecule has 0 saturated carbocycles. The molecule has 7 nitrogen and oxygen atoms in total. The highest BCUT2D eigenvalue weighted by Crippen LogP contribution is 2.24. The molecule has 1 saturated heterocycles. The second-order valence-corrected chi connectivity index (χ2v) is 7.13. The van der Waals surface area contributed by atoms with Gasteiger partial charge in [0.05, 0.1) is 18.9 Å². The maximum atomic E-state index is 11.7. The van der Waals surface area contributed by atoms with Crippen LogP contribution in [0.3, 0.4) is 0 Å². The molecule has 0 spiro atoms. The number of nitrogens with zero attached hydrogens (tertiary/aromatic N) is 3. The van der Waals surface area contributed by atoms with Gasteiger partial charge in [0.1, 0.15) is 12.1 Å². The molecular formula is C24H25N5O2. The molecule has 0 bridgehead atoms. The van der Waals surface area contributed by atoms with Gasteiger partial charge in [-0.05, 0) is 49.4 Å². The van der Waals surface area contributed by atoms with Gasteiger partial charge in [0.25, 0.3) is 0 Å². The highest BCUT2D eigenvalue weighted by Gasteiger charge is 2.11. The summed E-state index contributed by atoms with van der Waals surface area (Å²) in [7, 11) is 0. The van der Waals surface area contributed by atoms with E-state index in [-0.39, 0.29) is 5.91 Å². The van der Waals surface area contributed by atoms with Crippen molar-refractivity contribution in [3.8, 4) is 11.3 Å². The molecule has 31 heavy (non-hydrogen) atoms. The maximum absolute atomic E-state index is 11.7. The molecule has 7 heteroatoms. The van der Waals surface area contributed by atoms with Crippen LogP contribution in [-0.2, 0) is 9.53 Å². The average molecular weight is 415 g/mol. The minimum Gasteiger partial charge on any atom is -0.378 e. The standard InChI is InChI=1S/C24H25N5O2/c1-2-3-24(30)28-20-6-4-18(5-7-20)22-16-23(26-17-25-22)27-19-8-10-21(11-9-19)29-12-14-31-15-13-29/h2-11,16-17H,12-15H2,1H3,(H,28,30)(H,25,26,27). The van der Waals surface area contributed by atoms with Crippen molar-refractivity contribution in [1.29, 1.82) is 0 Å². The molecule has 2 N–H and O–H groups in total. The Hall–Kier alpha value is -3.71. The van der Waals surface area contributed by atoms with E-state index in [1.807, 2.05) is 37.3 Å². The molecule has 2 aromatic carbocycles. The van der Waals surface area contributed by atoms with Crippen LogP contribution in [0.2, 0.25) is 0 Å². The third kappa shape index (κ3) is 5.46. The number of allylic oxidation sites excluding steroid dienone is 1. The van der Waals surface area contributed by atoms with E-state index in [4.69, 9.17) is 4.74 Å². The zero-order chi connectivity index (χ0) is 21.5. The minimum absolute atomic E-state index is 0.150. The first-order chi connectivity index (χ1) is 15.2. The van der Waals surface area contributed by atoms with E-state index < -0.39 is 0 Å². The number of rotatable bonds is 6. The zero-order valence-electron chi connectivity index (χ0n) is 17.4. The lowest BCUT2D eigenvalue weighted by Crippen LogP contribution is -2.36. The van der Waals surface area contributed by atoms with Crippen LogP contribution in [-0.4, -0.2) is 42.2 Å². The monoisotopic (exact) mass is 415 g/mol. The number of benzene rings is 2. The fourth-order valence-electron chi connectivity index (χ4n) is 3.37. The van der Waals surface area contributed by atoms with E-state index in [2.05, 4.69) is 49.8 Å². The Morgan fingerprint density at radius 3 is 2.42 bits per heavy atom. The molecule has 3 aromatic rings. The molecule has 158 valence electrons. The van der Waals surface area contributed by atoms with Crippen LogP contribution in [0.15, 0.2) is 73.1 Å². The van der Waals surface area contributed by atoms with Gasteiger partial charge in [-0.1, -0.05) is 18.2 Å². The van der Waals surface area contributed by atoms with E-state index in [1.165, 1.54) is 11.8 Å². The van der Waals surface area contributed by atoms with Crippen molar-refractivity contribution in [3.63, 3.8) is 0 Å². The summed E-state index contributed by atoms with van der Waals surface area (Å²) in [5, 5.41) is 6.15. The van der Waals surface area contributed by atoms with Gasteiger partial charge in [0, 0.05) is 41.8 Å². The van der Waals surface area contributed by atoms with Crippen LogP contribution < -0.4 is 15.5 Å². The number of anilines is 4. The van der Waals surface area contributed by atoms with Crippen LogP contribution >= 0.6 is 0 Å². The van der Waals surface area contributed by atoms with Gasteiger partial charge in [-0.2, -0.15) is 0 Å². The first-order valence-corrected chi connectivity index (χ1v) is 10.3. The number of morpholine rings is 1. The van der Waals surface area contributed by atoms with Crippen LogP contribution in [0.4, 0.5) is 22.9 Å². The third-order valence-corrected chi connectivity index (χ3v) is 4.95. The first kappa shape index (κ1) is 20.6. The lowest BCUT2D eigenvalue weighted by Gasteiger charge is -2.28. The Morgan fingerprint density at radius 1 is 1.00 bits per heavy atom. The number of hydrogen-bond donors (Lipinski definition) is 2. The summed E-state index contributed by atoms with van der Waals surface area (Å²) in [6.45, 7) is 5.18. The molecule has 1 aromatic heterocycles. The quantitative estimate of drug-likeness (QED) is 0.587. The van der Waals surface area contributed by atoms with Gasteiger partial charge >= 0.3 is 0 Å². The maximum Gasteiger partial charge on any atom is 0.248 e. The summed E-state index contributed by atoms with van der Waals surface area (Å²) in [6.07, 6.45) is 4.74. The molecule has 0 atom stereocenters. The van der Waals surface area contributed by atoms with Gasteiger partial charge in [-0.15, -0.1) is 0 Å². The van der Waals surface area contributed by atoms with Crippen LogP contribution in [0.5, 0.6) is 0 Å². The number of carbonyl (C=O) groups excluding carboxylic acids is 1. The van der Waals surface area contributed by atoms with Crippen molar-refractivity contribution in [2.45, 2.75) is 6.92 Å². The predicted molar refractivity (Wildman–Crippen MR) is 124 cm³/mol. The predicted octanol–water partition coefficient (Wildman–Crippen LogP) is 4.24. The Kier molecular flexibility index (Phi) is 6.54. The van der Waals surface area contributed by atoms with E-state index >= 15 is 0 Å². The van der Waals surface area contributed by atoms with Crippen molar-refractivity contribution in [3.05, 3.63) is 73.1 Å². The number of aromatic nitrogens is 2. The molecule has 1 fully saturated rings. The van der Waals surface area contributed by atoms with Crippen LogP contribution in [0.25, 0.3) is 11.3 Å². The molecule has 4 rings (SSSR count). The van der Waals surface area contributed by atoms with E-state index in [0.29, 0.717) is 0 Å². The molecule has 1 aliphatic heterocycles. The topological polar surface area (TPSA) is 79.4 Å². The lowest BCUT2D eigenvalue weighted by atomic mass is 10.1. The number of hydrogen-bond acceptors (Lipinski definition) is 6. The summed E-state index contributed by atoms with van der Waals surface area (Å²) < 4.78 is 5.42. The minimum atomic E-state index is -0.150. The van der Waals surface area contributed by atoms with Gasteiger partial charge in [0.2, 0.25) is 5.91 Å². The van der Waals surface area contributed by atoms with E-state index in [0.717, 1.165) is 54.8 Å². The zero-order valence-corrected chi connectivity index (χ0v) is 17.4. The van der Waals surface area contributed by atoms with Crippen molar-refractivity contribution in [2.24, 2.45) is 0 Å². The van der Waals surface area contributed by atoms with E-state index in [1.54, 1.807) is 12.4 Å². The highest BCUT2D eigenvalue weighted by molar-refractivity contribution is 5.99. The molecule has 1 amide bonds. The fraction of sp³-hybridized carbons (Fsp3) is 0.208. The molecule has 0 aliphatic carbocycles. The molecule has 1 aliphatic rings. The fourth-order valence-corrected chi connectivity index (χ4v) is 3.37. The Bertz CT molecular complexity index is 1040. The Balaban J connectivity index is 1.43. The largest absolute Gasteiger partial charge is 0.378 e. The normalized spacial score (nSPS) is 13.9. The van der Waals surface area contributed by atoms with Crippen molar-refractivity contribution >= 4 is 28.8 Å². The van der Waals surface area contributed by atoms with Crippen molar-refractivity contribution in [1.82, 2.24) is 9.97 Å². The number of ether oxygens (including phenoxy) is 1.